The molecular formula is C16H16ClNO. The van der Waals surface area contributed by atoms with Crippen LogP contribution in [0.15, 0.2) is 42.5 Å². The van der Waals surface area contributed by atoms with Gasteiger partial charge in [-0.3, -0.25) is 0 Å². The fourth-order valence-corrected chi connectivity index (χ4v) is 2.52. The molecule has 0 spiro atoms. The Bertz CT molecular complexity index is 580. The van der Waals surface area contributed by atoms with Gasteiger partial charge in [0.1, 0.15) is 11.9 Å². The standard InChI is InChI=1S/C16H16ClNO/c1-11-3-2-4-15-14(11)9-18-10-16(19-15)12-5-7-13(17)8-6-12/h2-8,16,18H,9-10H2,1H3. The Kier molecular flexibility index (Phi) is 3.45. The minimum atomic E-state index is 0.0281. The van der Waals surface area contributed by atoms with Gasteiger partial charge in [0.25, 0.3) is 0 Å². The quantitative estimate of drug-likeness (QED) is 0.852. The van der Waals surface area contributed by atoms with Gasteiger partial charge in [-0.05, 0) is 36.2 Å². The first-order chi connectivity index (χ1) is 9.24. The molecule has 0 aliphatic carbocycles. The average Bonchev–Trinajstić information content (AvgIpc) is 2.63. The van der Waals surface area contributed by atoms with Gasteiger partial charge in [0.2, 0.25) is 0 Å². The molecule has 3 rings (SSSR count). The molecule has 1 unspecified atom stereocenters. The van der Waals surface area contributed by atoms with Crippen LogP contribution in [-0.2, 0) is 6.54 Å². The van der Waals surface area contributed by atoms with Crippen molar-refractivity contribution in [2.45, 2.75) is 19.6 Å². The Hall–Kier alpha value is -1.51. The lowest BCUT2D eigenvalue weighted by Gasteiger charge is -2.18. The number of rotatable bonds is 1. The maximum Gasteiger partial charge on any atom is 0.136 e. The molecule has 19 heavy (non-hydrogen) atoms. The van der Waals surface area contributed by atoms with Gasteiger partial charge in [0.05, 0.1) is 0 Å². The van der Waals surface area contributed by atoms with Crippen LogP contribution in [0.4, 0.5) is 0 Å². The van der Waals surface area contributed by atoms with E-state index in [1.54, 1.807) is 0 Å². The summed E-state index contributed by atoms with van der Waals surface area (Å²) in [6, 6.07) is 14.1. The van der Waals surface area contributed by atoms with Crippen molar-refractivity contribution in [3.8, 4) is 5.75 Å². The third kappa shape index (κ3) is 2.60. The second-order valence-corrected chi connectivity index (χ2v) is 5.28. The summed E-state index contributed by atoms with van der Waals surface area (Å²) in [7, 11) is 0. The Morgan fingerprint density at radius 3 is 2.74 bits per heavy atom. The van der Waals surface area contributed by atoms with Crippen LogP contribution in [0.5, 0.6) is 5.75 Å². The zero-order valence-electron chi connectivity index (χ0n) is 10.8. The summed E-state index contributed by atoms with van der Waals surface area (Å²) in [5.74, 6) is 0.977. The Morgan fingerprint density at radius 2 is 1.95 bits per heavy atom. The number of halogens is 1. The molecule has 0 saturated heterocycles. The predicted octanol–water partition coefficient (Wildman–Crippen LogP) is 3.87. The summed E-state index contributed by atoms with van der Waals surface area (Å²) >= 11 is 5.93. The maximum absolute atomic E-state index is 6.16. The smallest absolute Gasteiger partial charge is 0.136 e. The van der Waals surface area contributed by atoms with Gasteiger partial charge in [-0.25, -0.2) is 0 Å². The lowest BCUT2D eigenvalue weighted by atomic mass is 10.1. The number of hydrogen-bond acceptors (Lipinski definition) is 2. The first-order valence-corrected chi connectivity index (χ1v) is 6.83. The largest absolute Gasteiger partial charge is 0.484 e. The Morgan fingerprint density at radius 1 is 1.16 bits per heavy atom. The van der Waals surface area contributed by atoms with Crippen LogP contribution >= 0.6 is 11.6 Å². The summed E-state index contributed by atoms with van der Waals surface area (Å²) in [4.78, 5) is 0. The van der Waals surface area contributed by atoms with Crippen molar-refractivity contribution in [3.63, 3.8) is 0 Å². The summed E-state index contributed by atoms with van der Waals surface area (Å²) in [5, 5.41) is 4.20. The Labute approximate surface area is 118 Å². The topological polar surface area (TPSA) is 21.3 Å². The van der Waals surface area contributed by atoms with E-state index in [2.05, 4.69) is 18.3 Å². The van der Waals surface area contributed by atoms with E-state index in [9.17, 15) is 0 Å². The zero-order chi connectivity index (χ0) is 13.2. The molecule has 0 aromatic heterocycles. The van der Waals surface area contributed by atoms with Crippen LogP contribution < -0.4 is 10.1 Å². The van der Waals surface area contributed by atoms with Gasteiger partial charge >= 0.3 is 0 Å². The highest BCUT2D eigenvalue weighted by Gasteiger charge is 2.19. The van der Waals surface area contributed by atoms with E-state index in [4.69, 9.17) is 16.3 Å². The fraction of sp³-hybridized carbons (Fsp3) is 0.250. The van der Waals surface area contributed by atoms with E-state index in [1.165, 1.54) is 11.1 Å². The molecule has 98 valence electrons. The van der Waals surface area contributed by atoms with Crippen LogP contribution in [0.3, 0.4) is 0 Å². The molecule has 1 heterocycles. The molecule has 0 bridgehead atoms. The Balaban J connectivity index is 1.92. The highest BCUT2D eigenvalue weighted by atomic mass is 35.5. The average molecular weight is 274 g/mol. The number of hydrogen-bond donors (Lipinski definition) is 1. The predicted molar refractivity (Wildman–Crippen MR) is 77.7 cm³/mol. The minimum Gasteiger partial charge on any atom is -0.484 e. The fourth-order valence-electron chi connectivity index (χ4n) is 2.40. The van der Waals surface area contributed by atoms with Crippen LogP contribution in [0.1, 0.15) is 22.8 Å². The first-order valence-electron chi connectivity index (χ1n) is 6.45. The lowest BCUT2D eigenvalue weighted by molar-refractivity contribution is 0.210. The molecule has 0 amide bonds. The lowest BCUT2D eigenvalue weighted by Crippen LogP contribution is -2.21. The molecule has 2 aromatic carbocycles. The van der Waals surface area contributed by atoms with Gasteiger partial charge < -0.3 is 10.1 Å². The second kappa shape index (κ2) is 5.24. The zero-order valence-corrected chi connectivity index (χ0v) is 11.6. The van der Waals surface area contributed by atoms with Crippen LogP contribution in [-0.4, -0.2) is 6.54 Å². The molecule has 1 N–H and O–H groups in total. The molecule has 1 aliphatic rings. The van der Waals surface area contributed by atoms with E-state index < -0.39 is 0 Å². The third-order valence-corrected chi connectivity index (χ3v) is 3.76. The number of ether oxygens (including phenoxy) is 1. The van der Waals surface area contributed by atoms with E-state index >= 15 is 0 Å². The summed E-state index contributed by atoms with van der Waals surface area (Å²) in [6.07, 6.45) is 0.0281. The van der Waals surface area contributed by atoms with Crippen LogP contribution in [0.25, 0.3) is 0 Å². The van der Waals surface area contributed by atoms with Crippen molar-refractivity contribution in [3.05, 3.63) is 64.2 Å². The summed E-state index contributed by atoms with van der Waals surface area (Å²) in [5.41, 5.74) is 3.66. The second-order valence-electron chi connectivity index (χ2n) is 4.84. The van der Waals surface area contributed by atoms with Crippen molar-refractivity contribution in [1.29, 1.82) is 0 Å². The van der Waals surface area contributed by atoms with Crippen molar-refractivity contribution in [2.75, 3.05) is 6.54 Å². The number of aryl methyl sites for hydroxylation is 1. The van der Waals surface area contributed by atoms with Gasteiger partial charge in [-0.1, -0.05) is 35.9 Å². The third-order valence-electron chi connectivity index (χ3n) is 3.51. The van der Waals surface area contributed by atoms with Gasteiger partial charge in [0.15, 0.2) is 0 Å². The van der Waals surface area contributed by atoms with Crippen molar-refractivity contribution in [1.82, 2.24) is 5.32 Å². The number of benzene rings is 2. The van der Waals surface area contributed by atoms with Crippen LogP contribution in [0, 0.1) is 6.92 Å². The molecule has 3 heteroatoms. The van der Waals surface area contributed by atoms with E-state index in [1.807, 2.05) is 36.4 Å². The SMILES string of the molecule is Cc1cccc2c1CNCC(c1ccc(Cl)cc1)O2. The van der Waals surface area contributed by atoms with E-state index in [0.29, 0.717) is 0 Å². The normalized spacial score (nSPS) is 18.3. The summed E-state index contributed by atoms with van der Waals surface area (Å²) in [6.45, 7) is 3.77. The molecule has 0 radical (unpaired) electrons. The van der Waals surface area contributed by atoms with E-state index in [0.717, 1.165) is 29.4 Å². The van der Waals surface area contributed by atoms with Gasteiger partial charge in [0, 0.05) is 23.7 Å². The molecular weight excluding hydrogens is 258 g/mol. The molecule has 1 aliphatic heterocycles. The highest BCUT2D eigenvalue weighted by Crippen LogP contribution is 2.30. The van der Waals surface area contributed by atoms with Crippen molar-refractivity contribution >= 4 is 11.6 Å². The van der Waals surface area contributed by atoms with Gasteiger partial charge in [-0.15, -0.1) is 0 Å². The van der Waals surface area contributed by atoms with Gasteiger partial charge in [-0.2, -0.15) is 0 Å². The minimum absolute atomic E-state index is 0.0281. The highest BCUT2D eigenvalue weighted by molar-refractivity contribution is 6.30. The molecule has 0 fully saturated rings. The van der Waals surface area contributed by atoms with Crippen molar-refractivity contribution < 1.29 is 4.74 Å². The first kappa shape index (κ1) is 12.5. The van der Waals surface area contributed by atoms with E-state index in [-0.39, 0.29) is 6.10 Å². The maximum atomic E-state index is 6.16. The molecule has 1 atom stereocenters. The number of fused-ring (bicyclic) bond motifs is 1. The van der Waals surface area contributed by atoms with Crippen molar-refractivity contribution in [2.24, 2.45) is 0 Å². The molecule has 2 aromatic rings. The van der Waals surface area contributed by atoms with Crippen LogP contribution in [0.2, 0.25) is 5.02 Å². The number of nitrogens with one attached hydrogen (secondary N) is 1. The monoisotopic (exact) mass is 273 g/mol. The molecule has 2 nitrogen and oxygen atoms in total. The molecule has 0 saturated carbocycles. The summed E-state index contributed by atoms with van der Waals surface area (Å²) < 4.78 is 6.16.